The Morgan fingerprint density at radius 3 is 2.37 bits per heavy atom. The summed E-state index contributed by atoms with van der Waals surface area (Å²) >= 11 is 0. The Bertz CT molecular complexity index is 562. The highest BCUT2D eigenvalue weighted by atomic mass is 32.2. The molecule has 0 aromatic heterocycles. The second kappa shape index (κ2) is 5.38. The topological polar surface area (TPSA) is 64.6 Å². The molecule has 1 aromatic carbocycles. The number of ether oxygens (including phenoxy) is 2. The first-order valence-electron chi connectivity index (χ1n) is 6.14. The van der Waals surface area contributed by atoms with Gasteiger partial charge in [0.15, 0.2) is 9.84 Å². The van der Waals surface area contributed by atoms with Gasteiger partial charge >= 0.3 is 0 Å². The van der Waals surface area contributed by atoms with Gasteiger partial charge in [0.25, 0.3) is 0 Å². The molecule has 1 saturated heterocycles. The lowest BCUT2D eigenvalue weighted by atomic mass is 9.97. The van der Waals surface area contributed by atoms with Gasteiger partial charge in [-0.2, -0.15) is 0 Å². The second-order valence-electron chi connectivity index (χ2n) is 4.71. The van der Waals surface area contributed by atoms with E-state index in [2.05, 4.69) is 5.32 Å². The van der Waals surface area contributed by atoms with Gasteiger partial charge in [-0.3, -0.25) is 0 Å². The Morgan fingerprint density at radius 1 is 1.21 bits per heavy atom. The quantitative estimate of drug-likeness (QED) is 0.900. The molecule has 2 rings (SSSR count). The van der Waals surface area contributed by atoms with Gasteiger partial charge in [-0.15, -0.1) is 0 Å². The molecule has 1 fully saturated rings. The number of hydrogen-bond donors (Lipinski definition) is 1. The van der Waals surface area contributed by atoms with E-state index in [9.17, 15) is 8.42 Å². The smallest absolute Gasteiger partial charge is 0.179 e. The Kier molecular flexibility index (Phi) is 4.01. The average Bonchev–Trinajstić information content (AvgIpc) is 2.89. The predicted octanol–water partition coefficient (Wildman–Crippen LogP) is 1.18. The molecule has 1 N–H and O–H groups in total. The summed E-state index contributed by atoms with van der Waals surface area (Å²) in [6.45, 7) is 1.84. The maximum Gasteiger partial charge on any atom is 0.179 e. The highest BCUT2D eigenvalue weighted by Gasteiger charge is 2.25. The largest absolute Gasteiger partial charge is 0.496 e. The number of rotatable bonds is 4. The monoisotopic (exact) mass is 285 g/mol. The van der Waals surface area contributed by atoms with E-state index in [-0.39, 0.29) is 4.90 Å². The minimum atomic E-state index is -3.34. The summed E-state index contributed by atoms with van der Waals surface area (Å²) in [5, 5.41) is 3.29. The van der Waals surface area contributed by atoms with Crippen LogP contribution in [0.2, 0.25) is 0 Å². The molecule has 0 spiro atoms. The molecule has 1 aliphatic heterocycles. The van der Waals surface area contributed by atoms with Crippen molar-refractivity contribution in [2.75, 3.05) is 33.6 Å². The van der Waals surface area contributed by atoms with Crippen molar-refractivity contribution in [1.82, 2.24) is 5.32 Å². The summed E-state index contributed by atoms with van der Waals surface area (Å²) in [5.74, 6) is 1.32. The molecule has 5 nitrogen and oxygen atoms in total. The maximum absolute atomic E-state index is 11.8. The molecule has 19 heavy (non-hydrogen) atoms. The molecule has 0 aliphatic carbocycles. The number of benzene rings is 1. The number of hydrogen-bond acceptors (Lipinski definition) is 5. The summed E-state index contributed by atoms with van der Waals surface area (Å²) in [4.78, 5) is 0.168. The summed E-state index contributed by atoms with van der Waals surface area (Å²) in [6, 6.07) is 3.34. The zero-order valence-corrected chi connectivity index (χ0v) is 12.2. The van der Waals surface area contributed by atoms with Gasteiger partial charge in [-0.05, 0) is 19.0 Å². The molecule has 1 aliphatic rings. The van der Waals surface area contributed by atoms with Crippen molar-refractivity contribution in [2.24, 2.45) is 0 Å². The van der Waals surface area contributed by atoms with Crippen LogP contribution in [0, 0.1) is 0 Å². The van der Waals surface area contributed by atoms with E-state index in [4.69, 9.17) is 9.47 Å². The summed E-state index contributed by atoms with van der Waals surface area (Å²) < 4.78 is 34.1. The van der Waals surface area contributed by atoms with Crippen molar-refractivity contribution in [3.05, 3.63) is 17.7 Å². The number of sulfone groups is 1. The average molecular weight is 285 g/mol. The van der Waals surface area contributed by atoms with Crippen LogP contribution in [0.5, 0.6) is 11.5 Å². The van der Waals surface area contributed by atoms with Crippen LogP contribution >= 0.6 is 0 Å². The lowest BCUT2D eigenvalue weighted by Crippen LogP contribution is -2.10. The number of nitrogens with one attached hydrogen (secondary N) is 1. The molecule has 0 bridgehead atoms. The fourth-order valence-electron chi connectivity index (χ4n) is 2.42. The van der Waals surface area contributed by atoms with Crippen LogP contribution in [-0.4, -0.2) is 42.0 Å². The first-order valence-corrected chi connectivity index (χ1v) is 8.03. The Hall–Kier alpha value is -1.27. The van der Waals surface area contributed by atoms with Gasteiger partial charge in [0.05, 0.1) is 14.2 Å². The molecule has 1 unspecified atom stereocenters. The van der Waals surface area contributed by atoms with Crippen molar-refractivity contribution in [1.29, 1.82) is 0 Å². The van der Waals surface area contributed by atoms with Crippen molar-refractivity contribution in [2.45, 2.75) is 17.2 Å². The van der Waals surface area contributed by atoms with Crippen LogP contribution < -0.4 is 14.8 Å². The van der Waals surface area contributed by atoms with Crippen LogP contribution in [-0.2, 0) is 9.84 Å². The summed E-state index contributed by atoms with van der Waals surface area (Å²) in [6.07, 6.45) is 2.18. The molecule has 6 heteroatoms. The molecule has 0 radical (unpaired) electrons. The van der Waals surface area contributed by atoms with Crippen LogP contribution in [0.25, 0.3) is 0 Å². The lowest BCUT2D eigenvalue weighted by molar-refractivity contribution is 0.386. The standard InChI is InChI=1S/C13H19NO4S/c1-17-11-7-13(19(3,15)16)12(18-2)6-10(11)9-4-5-14-8-9/h6-7,9,14H,4-5,8H2,1-3H3. The fraction of sp³-hybridized carbons (Fsp3) is 0.538. The molecule has 1 atom stereocenters. The molecule has 0 amide bonds. The predicted molar refractivity (Wildman–Crippen MR) is 72.9 cm³/mol. The van der Waals surface area contributed by atoms with Crippen molar-refractivity contribution in [3.63, 3.8) is 0 Å². The van der Waals surface area contributed by atoms with Gasteiger partial charge in [0, 0.05) is 30.3 Å². The highest BCUT2D eigenvalue weighted by Crippen LogP contribution is 2.37. The van der Waals surface area contributed by atoms with Gasteiger partial charge in [0.2, 0.25) is 0 Å². The first kappa shape index (κ1) is 14.1. The summed E-state index contributed by atoms with van der Waals surface area (Å²) in [7, 11) is -0.304. The zero-order chi connectivity index (χ0) is 14.0. The zero-order valence-electron chi connectivity index (χ0n) is 11.4. The van der Waals surface area contributed by atoms with Crippen LogP contribution in [0.15, 0.2) is 17.0 Å². The first-order chi connectivity index (χ1) is 8.97. The molecule has 1 heterocycles. The molecular formula is C13H19NO4S. The Labute approximate surface area is 113 Å². The maximum atomic E-state index is 11.8. The summed E-state index contributed by atoms with van der Waals surface area (Å²) in [5.41, 5.74) is 0.997. The SMILES string of the molecule is COc1cc(S(C)(=O)=O)c(OC)cc1C1CCNC1. The third-order valence-corrected chi connectivity index (χ3v) is 4.53. The highest BCUT2D eigenvalue weighted by molar-refractivity contribution is 7.90. The van der Waals surface area contributed by atoms with E-state index >= 15 is 0 Å². The third kappa shape index (κ3) is 2.84. The van der Waals surface area contributed by atoms with E-state index in [0.717, 1.165) is 25.1 Å². The molecule has 0 saturated carbocycles. The van der Waals surface area contributed by atoms with Gasteiger partial charge in [0.1, 0.15) is 16.4 Å². The Balaban J connectivity index is 2.56. The van der Waals surface area contributed by atoms with E-state index in [1.54, 1.807) is 19.2 Å². The normalized spacial score (nSPS) is 19.4. The van der Waals surface area contributed by atoms with E-state index in [1.807, 2.05) is 0 Å². The van der Waals surface area contributed by atoms with Crippen LogP contribution in [0.4, 0.5) is 0 Å². The van der Waals surface area contributed by atoms with Gasteiger partial charge in [-0.1, -0.05) is 0 Å². The minimum Gasteiger partial charge on any atom is -0.496 e. The van der Waals surface area contributed by atoms with E-state index in [0.29, 0.717) is 17.4 Å². The fourth-order valence-corrected chi connectivity index (χ4v) is 3.25. The van der Waals surface area contributed by atoms with E-state index in [1.165, 1.54) is 13.4 Å². The van der Waals surface area contributed by atoms with Gasteiger partial charge < -0.3 is 14.8 Å². The second-order valence-corrected chi connectivity index (χ2v) is 6.69. The minimum absolute atomic E-state index is 0.168. The molecular weight excluding hydrogens is 266 g/mol. The lowest BCUT2D eigenvalue weighted by Gasteiger charge is -2.17. The van der Waals surface area contributed by atoms with Crippen LogP contribution in [0.3, 0.4) is 0 Å². The van der Waals surface area contributed by atoms with Gasteiger partial charge in [-0.25, -0.2) is 8.42 Å². The van der Waals surface area contributed by atoms with Crippen molar-refractivity contribution < 1.29 is 17.9 Å². The van der Waals surface area contributed by atoms with Crippen LogP contribution in [0.1, 0.15) is 17.9 Å². The number of methoxy groups -OCH3 is 2. The Morgan fingerprint density at radius 2 is 1.89 bits per heavy atom. The molecule has 1 aromatic rings. The van der Waals surface area contributed by atoms with E-state index < -0.39 is 9.84 Å². The third-order valence-electron chi connectivity index (χ3n) is 3.42. The molecule has 106 valence electrons. The van der Waals surface area contributed by atoms with Crippen molar-refractivity contribution >= 4 is 9.84 Å². The van der Waals surface area contributed by atoms with Crippen molar-refractivity contribution in [3.8, 4) is 11.5 Å².